The molecule has 2 atom stereocenters. The number of hydrogen-bond acceptors (Lipinski definition) is 4. The Labute approximate surface area is 99.0 Å². The Morgan fingerprint density at radius 1 is 1.47 bits per heavy atom. The Balaban J connectivity index is 2.03. The van der Waals surface area contributed by atoms with Gasteiger partial charge in [0, 0.05) is 12.1 Å². The van der Waals surface area contributed by atoms with Gasteiger partial charge in [0.2, 0.25) is 0 Å². The summed E-state index contributed by atoms with van der Waals surface area (Å²) in [6, 6.07) is 2.32. The van der Waals surface area contributed by atoms with Crippen LogP contribution in [0.1, 0.15) is 19.3 Å². The SMILES string of the molecule is CSc1cc(NC2CCCC2Cl)ncn1. The molecule has 0 saturated heterocycles. The number of aromatic nitrogens is 2. The van der Waals surface area contributed by atoms with E-state index in [0.717, 1.165) is 23.7 Å². The molecule has 5 heteroatoms. The zero-order valence-corrected chi connectivity index (χ0v) is 10.2. The number of nitrogens with one attached hydrogen (secondary N) is 1. The van der Waals surface area contributed by atoms with Crippen molar-refractivity contribution in [2.24, 2.45) is 0 Å². The van der Waals surface area contributed by atoms with Gasteiger partial charge in [-0.2, -0.15) is 0 Å². The second kappa shape index (κ2) is 5.03. The molecule has 1 heterocycles. The highest BCUT2D eigenvalue weighted by Crippen LogP contribution is 2.27. The Hall–Kier alpha value is -0.480. The van der Waals surface area contributed by atoms with Crippen molar-refractivity contribution in [2.45, 2.75) is 35.7 Å². The van der Waals surface area contributed by atoms with Gasteiger partial charge in [-0.1, -0.05) is 0 Å². The fourth-order valence-corrected chi connectivity index (χ4v) is 2.52. The van der Waals surface area contributed by atoms with Gasteiger partial charge in [0.15, 0.2) is 0 Å². The molecular weight excluding hydrogens is 230 g/mol. The molecule has 2 unspecified atom stereocenters. The molecular formula is C10H14ClN3S. The van der Waals surface area contributed by atoms with Crippen LogP contribution in [-0.2, 0) is 0 Å². The fourth-order valence-electron chi connectivity index (χ4n) is 1.80. The standard InChI is InChI=1S/C10H14ClN3S/c1-15-10-5-9(12-6-13-10)14-8-4-2-3-7(8)11/h5-8H,2-4H2,1H3,(H,12,13,14). The highest BCUT2D eigenvalue weighted by atomic mass is 35.5. The predicted octanol–water partition coefficient (Wildman–Crippen LogP) is 2.77. The lowest BCUT2D eigenvalue weighted by Gasteiger charge is -2.16. The molecule has 1 aromatic heterocycles. The van der Waals surface area contributed by atoms with Gasteiger partial charge in [0.05, 0.1) is 5.38 Å². The molecule has 2 rings (SSSR count). The number of rotatable bonds is 3. The summed E-state index contributed by atoms with van der Waals surface area (Å²) in [6.45, 7) is 0. The lowest BCUT2D eigenvalue weighted by Crippen LogP contribution is -2.24. The third-order valence-electron chi connectivity index (χ3n) is 2.62. The largest absolute Gasteiger partial charge is 0.366 e. The monoisotopic (exact) mass is 243 g/mol. The van der Waals surface area contributed by atoms with Gasteiger partial charge in [0.25, 0.3) is 0 Å². The molecule has 0 radical (unpaired) electrons. The second-order valence-corrected chi connectivity index (χ2v) is 5.03. The number of hydrogen-bond donors (Lipinski definition) is 1. The first-order valence-corrected chi connectivity index (χ1v) is 6.72. The van der Waals surface area contributed by atoms with Gasteiger partial charge in [-0.25, -0.2) is 9.97 Å². The van der Waals surface area contributed by atoms with E-state index in [1.54, 1.807) is 18.1 Å². The van der Waals surface area contributed by atoms with E-state index in [4.69, 9.17) is 11.6 Å². The molecule has 1 fully saturated rings. The van der Waals surface area contributed by atoms with Gasteiger partial charge < -0.3 is 5.32 Å². The zero-order valence-electron chi connectivity index (χ0n) is 8.61. The van der Waals surface area contributed by atoms with E-state index in [1.165, 1.54) is 6.42 Å². The third kappa shape index (κ3) is 2.75. The van der Waals surface area contributed by atoms with Gasteiger partial charge in [-0.05, 0) is 25.5 Å². The summed E-state index contributed by atoms with van der Waals surface area (Å²) in [5.41, 5.74) is 0. The van der Waals surface area contributed by atoms with Gasteiger partial charge in [0.1, 0.15) is 17.2 Å². The summed E-state index contributed by atoms with van der Waals surface area (Å²) >= 11 is 7.81. The van der Waals surface area contributed by atoms with Crippen LogP contribution in [0.2, 0.25) is 0 Å². The van der Waals surface area contributed by atoms with E-state index >= 15 is 0 Å². The van der Waals surface area contributed by atoms with Crippen molar-refractivity contribution >= 4 is 29.2 Å². The van der Waals surface area contributed by atoms with Crippen LogP contribution in [0, 0.1) is 0 Å². The molecule has 1 saturated carbocycles. The fraction of sp³-hybridized carbons (Fsp3) is 0.600. The van der Waals surface area contributed by atoms with Gasteiger partial charge in [-0.15, -0.1) is 23.4 Å². The zero-order chi connectivity index (χ0) is 10.7. The first-order chi connectivity index (χ1) is 7.29. The summed E-state index contributed by atoms with van der Waals surface area (Å²) < 4.78 is 0. The van der Waals surface area contributed by atoms with Crippen LogP contribution in [0.4, 0.5) is 5.82 Å². The first-order valence-electron chi connectivity index (χ1n) is 5.06. The summed E-state index contributed by atoms with van der Waals surface area (Å²) in [6.07, 6.45) is 7.02. The smallest absolute Gasteiger partial charge is 0.130 e. The molecule has 0 aromatic carbocycles. The molecule has 3 nitrogen and oxygen atoms in total. The Bertz CT molecular complexity index is 334. The lowest BCUT2D eigenvalue weighted by molar-refractivity contribution is 0.754. The summed E-state index contributed by atoms with van der Waals surface area (Å²) in [5.74, 6) is 0.881. The van der Waals surface area contributed by atoms with E-state index in [9.17, 15) is 0 Å². The normalized spacial score (nSPS) is 25.5. The number of alkyl halides is 1. The average molecular weight is 244 g/mol. The van der Waals surface area contributed by atoms with E-state index in [1.807, 2.05) is 12.3 Å². The van der Waals surface area contributed by atoms with E-state index in [2.05, 4.69) is 15.3 Å². The number of anilines is 1. The molecule has 0 spiro atoms. The lowest BCUT2D eigenvalue weighted by atomic mass is 10.2. The summed E-state index contributed by atoms with van der Waals surface area (Å²) in [7, 11) is 0. The van der Waals surface area contributed by atoms with Crippen LogP contribution in [0.25, 0.3) is 0 Å². The van der Waals surface area contributed by atoms with E-state index in [0.29, 0.717) is 6.04 Å². The molecule has 1 aliphatic rings. The number of nitrogens with zero attached hydrogens (tertiary/aromatic N) is 2. The molecule has 0 bridgehead atoms. The van der Waals surface area contributed by atoms with Gasteiger partial charge in [-0.3, -0.25) is 0 Å². The minimum Gasteiger partial charge on any atom is -0.366 e. The maximum atomic E-state index is 6.19. The molecule has 0 aliphatic heterocycles. The van der Waals surface area contributed by atoms with E-state index in [-0.39, 0.29) is 5.38 Å². The molecule has 1 N–H and O–H groups in total. The first kappa shape index (κ1) is 11.0. The number of halogens is 1. The highest BCUT2D eigenvalue weighted by molar-refractivity contribution is 7.98. The summed E-state index contributed by atoms with van der Waals surface area (Å²) in [5, 5.41) is 4.59. The van der Waals surface area contributed by atoms with E-state index < -0.39 is 0 Å². The Morgan fingerprint density at radius 3 is 3.00 bits per heavy atom. The topological polar surface area (TPSA) is 37.8 Å². The maximum Gasteiger partial charge on any atom is 0.130 e. The van der Waals surface area contributed by atoms with Crippen molar-refractivity contribution in [1.29, 1.82) is 0 Å². The maximum absolute atomic E-state index is 6.19. The molecule has 82 valence electrons. The van der Waals surface area contributed by atoms with Crippen molar-refractivity contribution in [3.8, 4) is 0 Å². The van der Waals surface area contributed by atoms with Crippen LogP contribution < -0.4 is 5.32 Å². The van der Waals surface area contributed by atoms with Gasteiger partial charge >= 0.3 is 0 Å². The van der Waals surface area contributed by atoms with Crippen molar-refractivity contribution < 1.29 is 0 Å². The minimum atomic E-state index is 0.234. The Morgan fingerprint density at radius 2 is 2.33 bits per heavy atom. The third-order valence-corrected chi connectivity index (χ3v) is 3.78. The highest BCUT2D eigenvalue weighted by Gasteiger charge is 2.25. The van der Waals surface area contributed by atoms with Crippen LogP contribution >= 0.6 is 23.4 Å². The average Bonchev–Trinajstić information content (AvgIpc) is 2.65. The molecule has 1 aliphatic carbocycles. The minimum absolute atomic E-state index is 0.234. The quantitative estimate of drug-likeness (QED) is 0.503. The van der Waals surface area contributed by atoms with Crippen molar-refractivity contribution in [1.82, 2.24) is 9.97 Å². The van der Waals surface area contributed by atoms with Crippen molar-refractivity contribution in [3.63, 3.8) is 0 Å². The number of thioether (sulfide) groups is 1. The van der Waals surface area contributed by atoms with Crippen LogP contribution in [0.5, 0.6) is 0 Å². The molecule has 1 aromatic rings. The molecule has 0 amide bonds. The van der Waals surface area contributed by atoms with Crippen molar-refractivity contribution in [2.75, 3.05) is 11.6 Å². The molecule has 15 heavy (non-hydrogen) atoms. The predicted molar refractivity (Wildman–Crippen MR) is 64.7 cm³/mol. The van der Waals surface area contributed by atoms with Crippen LogP contribution in [0.3, 0.4) is 0 Å². The van der Waals surface area contributed by atoms with Crippen LogP contribution in [0.15, 0.2) is 17.4 Å². The Kier molecular flexibility index (Phi) is 3.70. The van der Waals surface area contributed by atoms with Crippen molar-refractivity contribution in [3.05, 3.63) is 12.4 Å². The summed E-state index contributed by atoms with van der Waals surface area (Å²) in [4.78, 5) is 8.32. The second-order valence-electron chi connectivity index (χ2n) is 3.64. The van der Waals surface area contributed by atoms with Crippen LogP contribution in [-0.4, -0.2) is 27.6 Å².